The molecule has 1 aromatic carbocycles. The normalized spacial score (nSPS) is 16.1. The second-order valence-electron chi connectivity index (χ2n) is 6.32. The highest BCUT2D eigenvalue weighted by Gasteiger charge is 2.27. The molecule has 0 radical (unpaired) electrons. The van der Waals surface area contributed by atoms with Crippen molar-refractivity contribution in [1.82, 2.24) is 14.3 Å². The van der Waals surface area contributed by atoms with Gasteiger partial charge in [-0.3, -0.25) is 19.0 Å². The summed E-state index contributed by atoms with van der Waals surface area (Å²) in [6, 6.07) is 5.47. The third-order valence-electron chi connectivity index (χ3n) is 4.08. The number of amides is 2. The number of rotatable bonds is 4. The minimum Gasteiger partial charge on any atom is -0.326 e. The van der Waals surface area contributed by atoms with Crippen LogP contribution in [-0.2, 0) is 26.2 Å². The molecular formula is C17H18N4O5S2. The van der Waals surface area contributed by atoms with Crippen LogP contribution in [0, 0.1) is 12.8 Å². The monoisotopic (exact) mass is 422 g/mol. The van der Waals surface area contributed by atoms with Crippen molar-refractivity contribution in [3.05, 3.63) is 46.4 Å². The maximum absolute atomic E-state index is 12.6. The van der Waals surface area contributed by atoms with Gasteiger partial charge in [0.05, 0.1) is 10.8 Å². The fraction of sp³-hybridized carbons (Fsp3) is 0.294. The molecule has 1 aromatic heterocycles. The summed E-state index contributed by atoms with van der Waals surface area (Å²) in [6.45, 7) is 3.01. The third-order valence-corrected chi connectivity index (χ3v) is 6.68. The average molecular weight is 422 g/mol. The molecule has 0 saturated heterocycles. The van der Waals surface area contributed by atoms with Crippen molar-refractivity contribution in [3.63, 3.8) is 0 Å². The Labute approximate surface area is 165 Å². The first-order valence-electron chi connectivity index (χ1n) is 8.31. The Kier molecular flexibility index (Phi) is 5.57. The lowest BCUT2D eigenvalue weighted by Gasteiger charge is -2.24. The second-order valence-corrected chi connectivity index (χ2v) is 8.99. The zero-order valence-electron chi connectivity index (χ0n) is 15.1. The Morgan fingerprint density at radius 2 is 1.93 bits per heavy atom. The molecule has 2 N–H and O–H groups in total. The summed E-state index contributed by atoms with van der Waals surface area (Å²) in [6.07, 6.45) is 1.53. The van der Waals surface area contributed by atoms with E-state index < -0.39 is 21.8 Å². The molecule has 0 bridgehead atoms. The molecule has 9 nitrogen and oxygen atoms in total. The van der Waals surface area contributed by atoms with E-state index in [0.29, 0.717) is 22.2 Å². The largest absolute Gasteiger partial charge is 0.326 e. The van der Waals surface area contributed by atoms with Gasteiger partial charge in [-0.15, -0.1) is 0 Å². The first-order valence-corrected chi connectivity index (χ1v) is 10.8. The minimum absolute atomic E-state index is 0.0871. The number of benzene rings is 1. The molecule has 0 aliphatic carbocycles. The number of fused-ring (bicyclic) bond motifs is 1. The second kappa shape index (κ2) is 7.76. The van der Waals surface area contributed by atoms with Crippen LogP contribution in [-0.4, -0.2) is 35.5 Å². The zero-order chi connectivity index (χ0) is 20.5. The third kappa shape index (κ3) is 4.25. The Balaban J connectivity index is 1.71. The summed E-state index contributed by atoms with van der Waals surface area (Å²) in [4.78, 5) is 39.9. The van der Waals surface area contributed by atoms with Crippen LogP contribution >= 0.6 is 11.8 Å². The number of nitrogens with one attached hydrogen (secondary N) is 2. The number of anilines is 1. The molecule has 0 fully saturated rings. The van der Waals surface area contributed by atoms with Gasteiger partial charge < -0.3 is 5.32 Å². The molecule has 1 atom stereocenters. The first-order chi connectivity index (χ1) is 13.2. The predicted molar refractivity (Wildman–Crippen MR) is 104 cm³/mol. The zero-order valence-corrected chi connectivity index (χ0v) is 16.8. The van der Waals surface area contributed by atoms with Gasteiger partial charge in [0.1, 0.15) is 0 Å². The fourth-order valence-corrected chi connectivity index (χ4v) is 4.71. The van der Waals surface area contributed by atoms with Crippen molar-refractivity contribution in [2.75, 3.05) is 11.1 Å². The van der Waals surface area contributed by atoms with Crippen LogP contribution in [0.2, 0.25) is 0 Å². The van der Waals surface area contributed by atoms with Crippen LogP contribution in [0.15, 0.2) is 45.3 Å². The van der Waals surface area contributed by atoms with Gasteiger partial charge in [0.25, 0.3) is 15.6 Å². The van der Waals surface area contributed by atoms with Crippen molar-refractivity contribution in [2.45, 2.75) is 30.4 Å². The molecule has 11 heteroatoms. The van der Waals surface area contributed by atoms with E-state index in [4.69, 9.17) is 0 Å². The average Bonchev–Trinajstić information content (AvgIpc) is 2.64. The van der Waals surface area contributed by atoms with Crippen molar-refractivity contribution in [1.29, 1.82) is 0 Å². The summed E-state index contributed by atoms with van der Waals surface area (Å²) < 4.78 is 27.2. The van der Waals surface area contributed by atoms with Crippen LogP contribution in [0.4, 0.5) is 5.69 Å². The molecule has 28 heavy (non-hydrogen) atoms. The number of carbonyl (C=O) groups is 2. The van der Waals surface area contributed by atoms with E-state index >= 15 is 0 Å². The lowest BCUT2D eigenvalue weighted by Crippen LogP contribution is -2.37. The number of thioether (sulfide) groups is 1. The van der Waals surface area contributed by atoms with Crippen molar-refractivity contribution >= 4 is 39.3 Å². The smallest absolute Gasteiger partial charge is 0.264 e. The molecule has 2 heterocycles. The van der Waals surface area contributed by atoms with Crippen molar-refractivity contribution in [2.24, 2.45) is 5.92 Å². The number of aromatic nitrogens is 2. The Bertz CT molecular complexity index is 1090. The first kappa shape index (κ1) is 20.1. The van der Waals surface area contributed by atoms with Gasteiger partial charge in [-0.05, 0) is 31.2 Å². The van der Waals surface area contributed by atoms with E-state index in [1.807, 2.05) is 4.72 Å². The molecular weight excluding hydrogens is 404 g/mol. The van der Waals surface area contributed by atoms with Gasteiger partial charge >= 0.3 is 0 Å². The molecule has 0 spiro atoms. The van der Waals surface area contributed by atoms with Crippen molar-refractivity contribution < 1.29 is 18.0 Å². The Morgan fingerprint density at radius 3 is 2.57 bits per heavy atom. The van der Waals surface area contributed by atoms with Crippen LogP contribution in [0.1, 0.15) is 12.5 Å². The van der Waals surface area contributed by atoms with E-state index in [9.17, 15) is 22.8 Å². The maximum Gasteiger partial charge on any atom is 0.264 e. The van der Waals surface area contributed by atoms with Gasteiger partial charge in [-0.2, -0.15) is 0 Å². The Hall–Kier alpha value is -2.66. The summed E-state index contributed by atoms with van der Waals surface area (Å²) in [5.74, 6) is -0.908. The van der Waals surface area contributed by atoms with Crippen LogP contribution in [0.25, 0.3) is 0 Å². The topological polar surface area (TPSA) is 127 Å². The summed E-state index contributed by atoms with van der Waals surface area (Å²) in [7, 11) is -3.93. The summed E-state index contributed by atoms with van der Waals surface area (Å²) >= 11 is 1.34. The van der Waals surface area contributed by atoms with E-state index in [1.54, 1.807) is 6.92 Å². The Morgan fingerprint density at radius 1 is 1.25 bits per heavy atom. The molecule has 3 rings (SSSR count). The van der Waals surface area contributed by atoms with Crippen molar-refractivity contribution in [3.8, 4) is 0 Å². The lowest BCUT2D eigenvalue weighted by molar-refractivity contribution is -0.120. The van der Waals surface area contributed by atoms with Crippen LogP contribution in [0.3, 0.4) is 0 Å². The highest BCUT2D eigenvalue weighted by atomic mass is 32.2. The maximum atomic E-state index is 12.6. The van der Waals surface area contributed by atoms with E-state index in [0.717, 1.165) is 6.92 Å². The minimum atomic E-state index is -3.93. The van der Waals surface area contributed by atoms with Gasteiger partial charge in [-0.25, -0.2) is 18.1 Å². The SMILES string of the molecule is CC(=O)NS(=O)(=O)c1ccc(NC(=O)C2CSc3ncc(C)c(=O)n3C2)cc1. The number of hydrogen-bond acceptors (Lipinski definition) is 7. The summed E-state index contributed by atoms with van der Waals surface area (Å²) in [5, 5.41) is 3.32. The van der Waals surface area contributed by atoms with Crippen LogP contribution < -0.4 is 15.6 Å². The molecule has 2 amide bonds. The van der Waals surface area contributed by atoms with Gasteiger partial charge in [0, 0.05) is 36.7 Å². The highest BCUT2D eigenvalue weighted by Crippen LogP contribution is 2.26. The molecule has 1 aliphatic rings. The molecule has 2 aromatic rings. The van der Waals surface area contributed by atoms with Gasteiger partial charge in [0.15, 0.2) is 5.16 Å². The quantitative estimate of drug-likeness (QED) is 0.696. The highest BCUT2D eigenvalue weighted by molar-refractivity contribution is 7.99. The molecule has 1 aliphatic heterocycles. The number of sulfonamides is 1. The predicted octanol–water partition coefficient (Wildman–Crippen LogP) is 0.737. The van der Waals surface area contributed by atoms with Gasteiger partial charge in [0.2, 0.25) is 11.8 Å². The van der Waals surface area contributed by atoms with E-state index in [2.05, 4.69) is 10.3 Å². The number of carbonyl (C=O) groups excluding carboxylic acids is 2. The molecule has 1 unspecified atom stereocenters. The molecule has 148 valence electrons. The number of nitrogens with zero attached hydrogens (tertiary/aromatic N) is 2. The number of hydrogen-bond donors (Lipinski definition) is 2. The summed E-state index contributed by atoms with van der Waals surface area (Å²) in [5.41, 5.74) is 0.765. The molecule has 0 saturated carbocycles. The fourth-order valence-electron chi connectivity index (χ4n) is 2.67. The number of aryl methyl sites for hydroxylation is 1. The lowest BCUT2D eigenvalue weighted by atomic mass is 10.1. The van der Waals surface area contributed by atoms with E-state index in [1.165, 1.54) is 46.8 Å². The van der Waals surface area contributed by atoms with E-state index in [-0.39, 0.29) is 22.9 Å². The standard InChI is InChI=1S/C17H18N4O5S2/c1-10-7-18-17-21(16(10)24)8-12(9-27-17)15(23)19-13-3-5-14(6-4-13)28(25,26)20-11(2)22/h3-7,12H,8-9H2,1-2H3,(H,19,23)(H,20,22). The van der Waals surface area contributed by atoms with Crippen LogP contribution in [0.5, 0.6) is 0 Å². The van der Waals surface area contributed by atoms with Gasteiger partial charge in [-0.1, -0.05) is 11.8 Å².